The van der Waals surface area contributed by atoms with E-state index in [1.165, 1.54) is 16.8 Å². The van der Waals surface area contributed by atoms with Crippen LogP contribution in [0, 0.1) is 0 Å². The SMILES string of the molecule is C[N+](C)(C)CCOP(=O)([O-])OP(=O)([O-])OCC1CCC(n2ccc(N)nc2=O)O1.[Li+]. The van der Waals surface area contributed by atoms with Crippen molar-refractivity contribution in [3.8, 4) is 0 Å². The first-order chi connectivity index (χ1) is 13.3. The van der Waals surface area contributed by atoms with Crippen LogP contribution in [0.15, 0.2) is 17.1 Å². The van der Waals surface area contributed by atoms with Gasteiger partial charge in [-0.05, 0) is 18.9 Å². The predicted octanol–water partition coefficient (Wildman–Crippen LogP) is -3.80. The number of rotatable bonds is 10. The topological polar surface area (TPSA) is 178 Å². The average molecular weight is 462 g/mol. The molecule has 16 heteroatoms. The van der Waals surface area contributed by atoms with Crippen LogP contribution in [0.5, 0.6) is 0 Å². The molecule has 1 fully saturated rings. The molecule has 0 radical (unpaired) electrons. The van der Waals surface area contributed by atoms with E-state index < -0.39 is 40.3 Å². The summed E-state index contributed by atoms with van der Waals surface area (Å²) in [5, 5.41) is 0. The molecule has 30 heavy (non-hydrogen) atoms. The van der Waals surface area contributed by atoms with Crippen molar-refractivity contribution in [1.82, 2.24) is 9.55 Å². The number of anilines is 1. The summed E-state index contributed by atoms with van der Waals surface area (Å²) in [6.07, 6.45) is 0.830. The Kier molecular flexibility index (Phi) is 9.95. The van der Waals surface area contributed by atoms with E-state index in [2.05, 4.69) is 18.3 Å². The van der Waals surface area contributed by atoms with Gasteiger partial charge in [0.25, 0.3) is 15.6 Å². The Bertz CT molecular complexity index is 863. The first kappa shape index (κ1) is 27.5. The van der Waals surface area contributed by atoms with Crippen molar-refractivity contribution in [1.29, 1.82) is 0 Å². The number of aromatic nitrogens is 2. The van der Waals surface area contributed by atoms with Gasteiger partial charge < -0.3 is 33.8 Å². The van der Waals surface area contributed by atoms with Crippen LogP contribution < -0.4 is 40.1 Å². The van der Waals surface area contributed by atoms with E-state index in [9.17, 15) is 23.7 Å². The molecule has 1 saturated heterocycles. The molecule has 13 nitrogen and oxygen atoms in total. The van der Waals surface area contributed by atoms with Crippen molar-refractivity contribution < 1.29 is 60.4 Å². The second-order valence-corrected chi connectivity index (χ2v) is 10.4. The van der Waals surface area contributed by atoms with E-state index >= 15 is 0 Å². The molecule has 4 atom stereocenters. The van der Waals surface area contributed by atoms with Gasteiger partial charge in [-0.3, -0.25) is 13.7 Å². The first-order valence-electron chi connectivity index (χ1n) is 8.69. The van der Waals surface area contributed by atoms with Crippen LogP contribution in [0.2, 0.25) is 0 Å². The third kappa shape index (κ3) is 9.30. The van der Waals surface area contributed by atoms with Crippen molar-refractivity contribution >= 4 is 21.5 Å². The fraction of sp³-hybridized carbons (Fsp3) is 0.714. The third-order valence-corrected chi connectivity index (χ3v) is 6.44. The van der Waals surface area contributed by atoms with Gasteiger partial charge in [-0.15, -0.1) is 0 Å². The minimum atomic E-state index is -5.19. The molecule has 166 valence electrons. The van der Waals surface area contributed by atoms with Crippen LogP contribution in [-0.4, -0.2) is 61.0 Å². The van der Waals surface area contributed by atoms with Gasteiger partial charge in [0.05, 0.1) is 33.9 Å². The molecule has 0 aromatic carbocycles. The quantitative estimate of drug-likeness (QED) is 0.205. The minimum Gasteiger partial charge on any atom is -0.756 e. The van der Waals surface area contributed by atoms with Gasteiger partial charge in [-0.25, -0.2) is 9.11 Å². The minimum absolute atomic E-state index is 0. The standard InChI is InChI=1S/C14H26N4O9P2.Li/c1-18(2,3)8-9-24-28(20,21)27-29(22,23)25-10-11-4-5-13(26-11)17-7-6-12(15)16-14(17)19;/h6-7,11,13H,4-5,8-10H2,1-3H3,(H3-,15,16,19,20,21,22,23);/q;+1/p-1. The van der Waals surface area contributed by atoms with E-state index in [0.717, 1.165) is 0 Å². The monoisotopic (exact) mass is 462 g/mol. The number of likely N-dealkylation sites (N-methyl/N-ethyl adjacent to an activating group) is 1. The molecule has 1 aliphatic rings. The third-order valence-electron chi connectivity index (χ3n) is 3.88. The van der Waals surface area contributed by atoms with Crippen molar-refractivity contribution in [3.63, 3.8) is 0 Å². The summed E-state index contributed by atoms with van der Waals surface area (Å²) in [6.45, 7) is -0.411. The van der Waals surface area contributed by atoms with Crippen molar-refractivity contribution in [2.75, 3.05) is 46.6 Å². The summed E-state index contributed by atoms with van der Waals surface area (Å²) in [5.74, 6) is 0.0688. The molecule has 2 heterocycles. The molecule has 0 bridgehead atoms. The van der Waals surface area contributed by atoms with Crippen molar-refractivity contribution in [2.45, 2.75) is 25.2 Å². The zero-order chi connectivity index (χ0) is 21.9. The van der Waals surface area contributed by atoms with E-state index in [0.29, 0.717) is 23.9 Å². The van der Waals surface area contributed by atoms with E-state index in [1.807, 2.05) is 21.1 Å². The number of phosphoric ester groups is 2. The maximum absolute atomic E-state index is 11.8. The summed E-state index contributed by atoms with van der Waals surface area (Å²) in [7, 11) is -4.86. The van der Waals surface area contributed by atoms with Gasteiger partial charge in [0, 0.05) is 6.20 Å². The molecule has 1 aromatic heterocycles. The normalized spacial score (nSPS) is 23.4. The van der Waals surface area contributed by atoms with E-state index in [-0.39, 0.29) is 31.3 Å². The molecule has 0 spiro atoms. The summed E-state index contributed by atoms with van der Waals surface area (Å²) in [4.78, 5) is 38.9. The summed E-state index contributed by atoms with van der Waals surface area (Å²) in [5.41, 5.74) is 4.82. The Balaban J connectivity index is 0.00000450. The zero-order valence-corrected chi connectivity index (χ0v) is 19.1. The first-order valence-corrected chi connectivity index (χ1v) is 11.6. The van der Waals surface area contributed by atoms with Crippen molar-refractivity contribution in [2.24, 2.45) is 0 Å². The number of quaternary nitrogens is 1. The summed E-state index contributed by atoms with van der Waals surface area (Å²) in [6, 6.07) is 1.43. The Morgan fingerprint density at radius 1 is 1.27 bits per heavy atom. The van der Waals surface area contributed by atoms with Crippen LogP contribution >= 0.6 is 15.6 Å². The van der Waals surface area contributed by atoms with Gasteiger partial charge in [0.15, 0.2) is 0 Å². The molecular formula is C14H25LiN4O9P2. The van der Waals surface area contributed by atoms with Crippen LogP contribution in [0.3, 0.4) is 0 Å². The second kappa shape index (κ2) is 10.9. The van der Waals surface area contributed by atoms with Gasteiger partial charge in [0.1, 0.15) is 25.2 Å². The largest absolute Gasteiger partial charge is 1.00 e. The van der Waals surface area contributed by atoms with Gasteiger partial charge in [-0.1, -0.05) is 0 Å². The number of ether oxygens (including phenoxy) is 1. The number of nitrogens with two attached hydrogens (primary N) is 1. The molecular weight excluding hydrogens is 437 g/mol. The Labute approximate surface area is 186 Å². The molecule has 0 saturated carbocycles. The van der Waals surface area contributed by atoms with Crippen LogP contribution in [0.25, 0.3) is 0 Å². The molecule has 0 amide bonds. The number of phosphoric acid groups is 2. The Morgan fingerprint density at radius 2 is 1.90 bits per heavy atom. The molecule has 4 unspecified atom stereocenters. The van der Waals surface area contributed by atoms with Gasteiger partial charge in [-0.2, -0.15) is 4.98 Å². The fourth-order valence-electron chi connectivity index (χ4n) is 2.43. The number of hydrogen-bond acceptors (Lipinski definition) is 11. The maximum Gasteiger partial charge on any atom is 1.00 e. The molecule has 2 N–H and O–H groups in total. The second-order valence-electron chi connectivity index (χ2n) is 7.45. The number of nitrogen functional groups attached to an aromatic ring is 1. The zero-order valence-electron chi connectivity index (χ0n) is 17.3. The van der Waals surface area contributed by atoms with Gasteiger partial charge in [0.2, 0.25) is 0 Å². The number of hydrogen-bond donors (Lipinski definition) is 1. The molecule has 1 aliphatic heterocycles. The van der Waals surface area contributed by atoms with Crippen LogP contribution in [-0.2, 0) is 27.2 Å². The number of nitrogens with zero attached hydrogens (tertiary/aromatic N) is 3. The van der Waals surface area contributed by atoms with Crippen molar-refractivity contribution in [3.05, 3.63) is 22.7 Å². The Hall–Kier alpha value is -0.543. The smallest absolute Gasteiger partial charge is 0.756 e. The Morgan fingerprint density at radius 3 is 2.50 bits per heavy atom. The van der Waals surface area contributed by atoms with E-state index in [1.54, 1.807) is 0 Å². The summed E-state index contributed by atoms with van der Waals surface area (Å²) >= 11 is 0. The predicted molar refractivity (Wildman–Crippen MR) is 97.2 cm³/mol. The maximum atomic E-state index is 11.8. The van der Waals surface area contributed by atoms with Gasteiger partial charge >= 0.3 is 24.6 Å². The van der Waals surface area contributed by atoms with Crippen LogP contribution in [0.4, 0.5) is 5.82 Å². The molecule has 1 aromatic rings. The molecule has 0 aliphatic carbocycles. The fourth-order valence-corrected chi connectivity index (χ4v) is 4.44. The average Bonchev–Trinajstić information content (AvgIpc) is 2.99. The van der Waals surface area contributed by atoms with E-state index in [4.69, 9.17) is 10.5 Å². The molecule has 2 rings (SSSR count). The van der Waals surface area contributed by atoms with Crippen LogP contribution in [0.1, 0.15) is 19.1 Å². The summed E-state index contributed by atoms with van der Waals surface area (Å²) < 4.78 is 43.9.